The van der Waals surface area contributed by atoms with Gasteiger partial charge in [-0.25, -0.2) is 0 Å². The number of hydrogen-bond donors (Lipinski definition) is 2. The monoisotopic (exact) mass is 232 g/mol. The van der Waals surface area contributed by atoms with Gasteiger partial charge in [-0.2, -0.15) is 0 Å². The van der Waals surface area contributed by atoms with Crippen LogP contribution >= 0.6 is 0 Å². The van der Waals surface area contributed by atoms with Crippen molar-refractivity contribution >= 4 is 5.69 Å². The van der Waals surface area contributed by atoms with E-state index >= 15 is 0 Å². The van der Waals surface area contributed by atoms with Crippen LogP contribution in [-0.2, 0) is 0 Å². The smallest absolute Gasteiger partial charge is 0.117 e. The van der Waals surface area contributed by atoms with Gasteiger partial charge < -0.3 is 15.7 Å². The Labute approximate surface area is 102 Å². The van der Waals surface area contributed by atoms with E-state index in [1.54, 1.807) is 6.07 Å². The number of aromatic hydroxyl groups is 1. The summed E-state index contributed by atoms with van der Waals surface area (Å²) >= 11 is 0. The number of benzene rings is 1. The van der Waals surface area contributed by atoms with Crippen molar-refractivity contribution in [2.45, 2.75) is 31.7 Å². The number of phenolic OH excluding ortho intramolecular Hbond substituents is 1. The molecule has 3 rings (SSSR count). The zero-order valence-corrected chi connectivity index (χ0v) is 10.1. The summed E-state index contributed by atoms with van der Waals surface area (Å²) in [6, 6.07) is 8.01. The maximum atomic E-state index is 9.50. The molecule has 1 aromatic rings. The van der Waals surface area contributed by atoms with Gasteiger partial charge in [0.15, 0.2) is 0 Å². The summed E-state index contributed by atoms with van der Waals surface area (Å²) in [4.78, 5) is 2.37. The van der Waals surface area contributed by atoms with E-state index in [1.165, 1.54) is 25.7 Å². The largest absolute Gasteiger partial charge is 0.508 e. The van der Waals surface area contributed by atoms with E-state index in [0.29, 0.717) is 17.2 Å². The van der Waals surface area contributed by atoms with Crippen LogP contribution in [0, 0.1) is 5.41 Å². The molecular weight excluding hydrogens is 212 g/mol. The molecule has 1 aliphatic carbocycles. The van der Waals surface area contributed by atoms with Gasteiger partial charge in [0, 0.05) is 30.9 Å². The first-order chi connectivity index (χ1) is 8.17. The van der Waals surface area contributed by atoms with Gasteiger partial charge in [-0.05, 0) is 43.2 Å². The Morgan fingerprint density at radius 1 is 1.24 bits per heavy atom. The molecule has 2 aliphatic rings. The van der Waals surface area contributed by atoms with E-state index in [2.05, 4.69) is 11.0 Å². The van der Waals surface area contributed by atoms with Crippen molar-refractivity contribution in [2.24, 2.45) is 11.1 Å². The summed E-state index contributed by atoms with van der Waals surface area (Å²) in [5.74, 6) is 0.355. The molecule has 0 unspecified atom stereocenters. The van der Waals surface area contributed by atoms with Crippen molar-refractivity contribution in [2.75, 3.05) is 18.0 Å². The number of piperidine rings is 1. The summed E-state index contributed by atoms with van der Waals surface area (Å²) in [5, 5.41) is 9.50. The molecule has 1 aliphatic heterocycles. The topological polar surface area (TPSA) is 49.5 Å². The molecule has 1 saturated heterocycles. The van der Waals surface area contributed by atoms with E-state index in [0.717, 1.165) is 18.8 Å². The molecule has 2 fully saturated rings. The number of rotatable bonds is 1. The number of phenols is 1. The minimum absolute atomic E-state index is 0.355. The van der Waals surface area contributed by atoms with Gasteiger partial charge >= 0.3 is 0 Å². The summed E-state index contributed by atoms with van der Waals surface area (Å²) in [7, 11) is 0. The first-order valence-electron chi connectivity index (χ1n) is 6.47. The number of nitrogens with zero attached hydrogens (tertiary/aromatic N) is 1. The fraction of sp³-hybridized carbons (Fsp3) is 0.571. The zero-order valence-electron chi connectivity index (χ0n) is 10.1. The van der Waals surface area contributed by atoms with Crippen molar-refractivity contribution in [1.82, 2.24) is 0 Å². The maximum Gasteiger partial charge on any atom is 0.117 e. The molecule has 3 N–H and O–H groups in total. The predicted octanol–water partition coefficient (Wildman–Crippen LogP) is 2.10. The summed E-state index contributed by atoms with van der Waals surface area (Å²) < 4.78 is 0. The van der Waals surface area contributed by atoms with Crippen molar-refractivity contribution in [3.63, 3.8) is 0 Å². The first-order valence-corrected chi connectivity index (χ1v) is 6.47. The highest BCUT2D eigenvalue weighted by Gasteiger charge is 2.44. The van der Waals surface area contributed by atoms with E-state index in [4.69, 9.17) is 5.73 Å². The number of hydrogen-bond acceptors (Lipinski definition) is 3. The molecular formula is C14H20N2O. The fourth-order valence-electron chi connectivity index (χ4n) is 3.39. The molecule has 3 heteroatoms. The van der Waals surface area contributed by atoms with Gasteiger partial charge in [0.1, 0.15) is 5.75 Å². The lowest BCUT2D eigenvalue weighted by molar-refractivity contribution is 0.0713. The first kappa shape index (κ1) is 10.9. The summed E-state index contributed by atoms with van der Waals surface area (Å²) in [6.07, 6.45) is 4.91. The second-order valence-corrected chi connectivity index (χ2v) is 5.68. The Hall–Kier alpha value is -1.22. The van der Waals surface area contributed by atoms with E-state index in [-0.39, 0.29) is 0 Å². The Bertz CT molecular complexity index is 402. The van der Waals surface area contributed by atoms with E-state index in [1.807, 2.05) is 12.1 Å². The highest BCUT2D eigenvalue weighted by atomic mass is 16.3. The Morgan fingerprint density at radius 2 is 1.94 bits per heavy atom. The van der Waals surface area contributed by atoms with Gasteiger partial charge in [0.2, 0.25) is 0 Å². The second-order valence-electron chi connectivity index (χ2n) is 5.68. The molecule has 0 amide bonds. The number of anilines is 1. The quantitative estimate of drug-likeness (QED) is 0.779. The Morgan fingerprint density at radius 3 is 2.53 bits per heavy atom. The maximum absolute atomic E-state index is 9.50. The molecule has 0 radical (unpaired) electrons. The van der Waals surface area contributed by atoms with Gasteiger partial charge in [-0.3, -0.25) is 0 Å². The lowest BCUT2D eigenvalue weighted by Gasteiger charge is -2.51. The van der Waals surface area contributed by atoms with Crippen LogP contribution in [0.3, 0.4) is 0 Å². The average Bonchev–Trinajstić information content (AvgIpc) is 2.28. The Kier molecular flexibility index (Phi) is 2.51. The van der Waals surface area contributed by atoms with Gasteiger partial charge in [0.05, 0.1) is 0 Å². The molecule has 17 heavy (non-hydrogen) atoms. The average molecular weight is 232 g/mol. The fourth-order valence-corrected chi connectivity index (χ4v) is 3.39. The van der Waals surface area contributed by atoms with Gasteiger partial charge in [-0.1, -0.05) is 6.07 Å². The summed E-state index contributed by atoms with van der Waals surface area (Å²) in [6.45, 7) is 2.19. The molecule has 0 atom stereocenters. The third-order valence-corrected chi connectivity index (χ3v) is 4.41. The molecule has 0 aromatic heterocycles. The van der Waals surface area contributed by atoms with Crippen molar-refractivity contribution in [3.8, 4) is 5.75 Å². The van der Waals surface area contributed by atoms with Crippen LogP contribution in [0.15, 0.2) is 24.3 Å². The van der Waals surface area contributed by atoms with Crippen molar-refractivity contribution in [1.29, 1.82) is 0 Å². The minimum Gasteiger partial charge on any atom is -0.508 e. The van der Waals surface area contributed by atoms with Crippen molar-refractivity contribution < 1.29 is 5.11 Å². The molecule has 1 heterocycles. The summed E-state index contributed by atoms with van der Waals surface area (Å²) in [5.41, 5.74) is 7.59. The van der Waals surface area contributed by atoms with Crippen LogP contribution in [0.2, 0.25) is 0 Å². The van der Waals surface area contributed by atoms with Crippen LogP contribution in [0.5, 0.6) is 5.75 Å². The molecule has 0 bridgehead atoms. The normalized spacial score (nSPS) is 23.7. The third-order valence-electron chi connectivity index (χ3n) is 4.41. The SMILES string of the molecule is NC1CC2(CCN(c3cccc(O)c3)CC2)C1. The zero-order chi connectivity index (χ0) is 11.9. The standard InChI is InChI=1S/C14H20N2O/c15-11-9-14(10-11)4-6-16(7-5-14)12-2-1-3-13(17)8-12/h1-3,8,11,17H,4-7,9-10,15H2. The molecule has 1 spiro atoms. The highest BCUT2D eigenvalue weighted by Crippen LogP contribution is 2.48. The predicted molar refractivity (Wildman–Crippen MR) is 69.2 cm³/mol. The van der Waals surface area contributed by atoms with Crippen LogP contribution in [0.4, 0.5) is 5.69 Å². The molecule has 3 nitrogen and oxygen atoms in total. The van der Waals surface area contributed by atoms with Gasteiger partial charge in [-0.15, -0.1) is 0 Å². The Balaban J connectivity index is 1.65. The molecule has 92 valence electrons. The highest BCUT2D eigenvalue weighted by molar-refractivity contribution is 5.50. The second kappa shape index (κ2) is 3.91. The minimum atomic E-state index is 0.355. The van der Waals surface area contributed by atoms with Crippen LogP contribution < -0.4 is 10.6 Å². The van der Waals surface area contributed by atoms with Gasteiger partial charge in [0.25, 0.3) is 0 Å². The third kappa shape index (κ3) is 2.00. The lowest BCUT2D eigenvalue weighted by atomic mass is 9.61. The number of nitrogens with two attached hydrogens (primary N) is 1. The molecule has 1 saturated carbocycles. The van der Waals surface area contributed by atoms with Crippen molar-refractivity contribution in [3.05, 3.63) is 24.3 Å². The van der Waals surface area contributed by atoms with Crippen LogP contribution in [0.1, 0.15) is 25.7 Å². The van der Waals surface area contributed by atoms with Crippen LogP contribution in [0.25, 0.3) is 0 Å². The van der Waals surface area contributed by atoms with E-state index in [9.17, 15) is 5.11 Å². The van der Waals surface area contributed by atoms with Crippen LogP contribution in [-0.4, -0.2) is 24.2 Å². The lowest BCUT2D eigenvalue weighted by Crippen LogP contribution is -2.52. The molecule has 1 aromatic carbocycles. The van der Waals surface area contributed by atoms with E-state index < -0.39 is 0 Å².